The third-order valence-corrected chi connectivity index (χ3v) is 4.34. The van der Waals surface area contributed by atoms with Gasteiger partial charge < -0.3 is 20.1 Å². The minimum atomic E-state index is -0.377. The van der Waals surface area contributed by atoms with E-state index in [1.54, 1.807) is 0 Å². The fraction of sp³-hybridized carbons (Fsp3) is 0.167. The summed E-state index contributed by atoms with van der Waals surface area (Å²) in [5.41, 5.74) is 1.71. The van der Waals surface area contributed by atoms with Crippen molar-refractivity contribution in [3.8, 4) is 11.5 Å². The number of rotatable bonds is 10. The molecule has 0 aromatic heterocycles. The van der Waals surface area contributed by atoms with Crippen molar-refractivity contribution in [2.75, 3.05) is 13.2 Å². The summed E-state index contributed by atoms with van der Waals surface area (Å²) in [4.78, 5) is 23.9. The van der Waals surface area contributed by atoms with Gasteiger partial charge in [-0.2, -0.15) is 0 Å². The zero-order valence-electron chi connectivity index (χ0n) is 17.1. The van der Waals surface area contributed by atoms with Gasteiger partial charge in [-0.3, -0.25) is 9.59 Å². The number of carbonyl (C=O) groups is 2. The molecule has 0 atom stereocenters. The molecule has 3 aromatic carbocycles. The van der Waals surface area contributed by atoms with E-state index >= 15 is 0 Å². The van der Waals surface area contributed by atoms with Crippen molar-refractivity contribution >= 4 is 11.8 Å². The lowest BCUT2D eigenvalue weighted by atomic mass is 10.1. The minimum Gasteiger partial charge on any atom is -0.484 e. The fourth-order valence-corrected chi connectivity index (χ4v) is 2.71. The van der Waals surface area contributed by atoms with Gasteiger partial charge in [0.1, 0.15) is 23.1 Å². The van der Waals surface area contributed by atoms with E-state index in [9.17, 15) is 18.4 Å². The average Bonchev–Trinajstić information content (AvgIpc) is 2.81. The molecule has 3 aromatic rings. The van der Waals surface area contributed by atoms with Crippen LogP contribution in [0.25, 0.3) is 0 Å². The van der Waals surface area contributed by atoms with Gasteiger partial charge in [-0.15, -0.1) is 0 Å². The Balaban J connectivity index is 1.38. The Labute approximate surface area is 184 Å². The highest BCUT2D eigenvalue weighted by Crippen LogP contribution is 2.12. The molecule has 2 N–H and O–H groups in total. The van der Waals surface area contributed by atoms with E-state index in [2.05, 4.69) is 10.6 Å². The molecule has 0 radical (unpaired) electrons. The normalized spacial score (nSPS) is 10.3. The first-order chi connectivity index (χ1) is 15.5. The summed E-state index contributed by atoms with van der Waals surface area (Å²) in [6.45, 7) is 0.215. The molecule has 3 rings (SSSR count). The largest absolute Gasteiger partial charge is 0.484 e. The van der Waals surface area contributed by atoms with Gasteiger partial charge in [0.2, 0.25) is 0 Å². The minimum absolute atomic E-state index is 0.185. The van der Waals surface area contributed by atoms with Crippen molar-refractivity contribution in [1.82, 2.24) is 10.6 Å². The standard InChI is InChI=1S/C24H22F2N2O4/c25-19-4-8-21(9-5-19)31-15-23(29)27-13-17-2-1-3-18(12-17)14-28-24(30)16-32-22-10-6-20(26)7-11-22/h1-12H,13-16H2,(H,27,29)(H,28,30). The van der Waals surface area contributed by atoms with Crippen LogP contribution in [0, 0.1) is 11.6 Å². The summed E-state index contributed by atoms with van der Waals surface area (Å²) in [7, 11) is 0. The molecule has 0 heterocycles. The van der Waals surface area contributed by atoms with Crippen LogP contribution in [0.2, 0.25) is 0 Å². The van der Waals surface area contributed by atoms with Crippen LogP contribution in [0.4, 0.5) is 8.78 Å². The third kappa shape index (κ3) is 7.71. The molecule has 6 nitrogen and oxygen atoms in total. The Morgan fingerprint density at radius 2 is 1.06 bits per heavy atom. The Hall–Kier alpha value is -3.94. The van der Waals surface area contributed by atoms with Gasteiger partial charge in [-0.05, 0) is 59.7 Å². The molecular formula is C24H22F2N2O4. The number of nitrogens with one attached hydrogen (secondary N) is 2. The molecule has 0 aliphatic rings. The number of hydrogen-bond acceptors (Lipinski definition) is 4. The van der Waals surface area contributed by atoms with Crippen LogP contribution < -0.4 is 20.1 Å². The monoisotopic (exact) mass is 440 g/mol. The zero-order chi connectivity index (χ0) is 22.8. The Kier molecular flexibility index (Phi) is 8.14. The number of ether oxygens (including phenoxy) is 2. The van der Waals surface area contributed by atoms with Gasteiger partial charge in [-0.25, -0.2) is 8.78 Å². The average molecular weight is 440 g/mol. The van der Waals surface area contributed by atoms with Crippen LogP contribution in [0.1, 0.15) is 11.1 Å². The molecule has 0 unspecified atom stereocenters. The van der Waals surface area contributed by atoms with Crippen molar-refractivity contribution in [1.29, 1.82) is 0 Å². The molecule has 0 bridgehead atoms. The van der Waals surface area contributed by atoms with Crippen molar-refractivity contribution in [2.24, 2.45) is 0 Å². The highest BCUT2D eigenvalue weighted by atomic mass is 19.1. The van der Waals surface area contributed by atoms with E-state index in [0.29, 0.717) is 24.6 Å². The second-order valence-electron chi connectivity index (χ2n) is 6.86. The lowest BCUT2D eigenvalue weighted by Gasteiger charge is -2.10. The van der Waals surface area contributed by atoms with E-state index in [-0.39, 0.29) is 36.7 Å². The lowest BCUT2D eigenvalue weighted by molar-refractivity contribution is -0.124. The van der Waals surface area contributed by atoms with Gasteiger partial charge in [0, 0.05) is 13.1 Å². The maximum Gasteiger partial charge on any atom is 0.258 e. The highest BCUT2D eigenvalue weighted by molar-refractivity contribution is 5.78. The fourth-order valence-electron chi connectivity index (χ4n) is 2.71. The predicted molar refractivity (Wildman–Crippen MR) is 114 cm³/mol. The van der Waals surface area contributed by atoms with E-state index in [4.69, 9.17) is 9.47 Å². The Bertz CT molecular complexity index is 960. The van der Waals surface area contributed by atoms with Crippen molar-refractivity contribution in [3.63, 3.8) is 0 Å². The lowest BCUT2D eigenvalue weighted by Crippen LogP contribution is -2.29. The summed E-state index contributed by atoms with van der Waals surface area (Å²) in [5.74, 6) is -0.570. The van der Waals surface area contributed by atoms with E-state index < -0.39 is 0 Å². The summed E-state index contributed by atoms with van der Waals surface area (Å²) < 4.78 is 36.4. The highest BCUT2D eigenvalue weighted by Gasteiger charge is 2.06. The topological polar surface area (TPSA) is 76.7 Å². The van der Waals surface area contributed by atoms with Crippen LogP contribution in [0.5, 0.6) is 11.5 Å². The third-order valence-electron chi connectivity index (χ3n) is 4.34. The second kappa shape index (κ2) is 11.5. The van der Waals surface area contributed by atoms with Crippen LogP contribution in [0.3, 0.4) is 0 Å². The van der Waals surface area contributed by atoms with Crippen molar-refractivity contribution in [3.05, 3.63) is 95.6 Å². The number of amides is 2. The van der Waals surface area contributed by atoms with Crippen LogP contribution >= 0.6 is 0 Å². The number of carbonyl (C=O) groups excluding carboxylic acids is 2. The van der Waals surface area contributed by atoms with Crippen LogP contribution in [0.15, 0.2) is 72.8 Å². The zero-order valence-corrected chi connectivity index (χ0v) is 17.1. The van der Waals surface area contributed by atoms with Crippen LogP contribution in [-0.2, 0) is 22.7 Å². The molecule has 0 aliphatic heterocycles. The molecular weight excluding hydrogens is 418 g/mol. The molecule has 0 spiro atoms. The first-order valence-electron chi connectivity index (χ1n) is 9.86. The van der Waals surface area contributed by atoms with Gasteiger partial charge in [-0.1, -0.05) is 24.3 Å². The Morgan fingerprint density at radius 1 is 0.656 bits per heavy atom. The number of halogens is 2. The van der Waals surface area contributed by atoms with Crippen LogP contribution in [-0.4, -0.2) is 25.0 Å². The first kappa shape index (κ1) is 22.7. The Morgan fingerprint density at radius 3 is 1.47 bits per heavy atom. The van der Waals surface area contributed by atoms with Crippen molar-refractivity contribution in [2.45, 2.75) is 13.1 Å². The van der Waals surface area contributed by atoms with Gasteiger partial charge in [0.15, 0.2) is 13.2 Å². The first-order valence-corrected chi connectivity index (χ1v) is 9.86. The van der Waals surface area contributed by atoms with E-state index in [1.165, 1.54) is 48.5 Å². The van der Waals surface area contributed by atoms with Gasteiger partial charge in [0.25, 0.3) is 11.8 Å². The molecule has 8 heteroatoms. The molecule has 32 heavy (non-hydrogen) atoms. The smallest absolute Gasteiger partial charge is 0.258 e. The molecule has 0 aliphatic carbocycles. The maximum atomic E-state index is 12.9. The van der Waals surface area contributed by atoms with Gasteiger partial charge in [0.05, 0.1) is 0 Å². The van der Waals surface area contributed by atoms with E-state index in [0.717, 1.165) is 11.1 Å². The maximum absolute atomic E-state index is 12.9. The summed E-state index contributed by atoms with van der Waals surface area (Å²) in [6.07, 6.45) is 0. The quantitative estimate of drug-likeness (QED) is 0.507. The molecule has 166 valence electrons. The second-order valence-corrected chi connectivity index (χ2v) is 6.86. The number of hydrogen-bond donors (Lipinski definition) is 2. The van der Waals surface area contributed by atoms with Crippen molar-refractivity contribution < 1.29 is 27.8 Å². The van der Waals surface area contributed by atoms with E-state index in [1.807, 2.05) is 24.3 Å². The predicted octanol–water partition coefficient (Wildman–Crippen LogP) is 3.36. The molecule has 2 amide bonds. The SMILES string of the molecule is O=C(COc1ccc(F)cc1)NCc1cccc(CNC(=O)COc2ccc(F)cc2)c1. The summed E-state index contributed by atoms with van der Waals surface area (Å²) >= 11 is 0. The summed E-state index contributed by atoms with van der Waals surface area (Å²) in [6, 6.07) is 18.2. The molecule has 0 saturated carbocycles. The molecule has 0 saturated heterocycles. The summed E-state index contributed by atoms with van der Waals surface area (Å²) in [5, 5.41) is 5.49. The molecule has 0 fully saturated rings. The number of benzene rings is 3. The van der Waals surface area contributed by atoms with Gasteiger partial charge >= 0.3 is 0 Å².